The van der Waals surface area contributed by atoms with Gasteiger partial charge in [0.25, 0.3) is 0 Å². The number of benzene rings is 4. The van der Waals surface area contributed by atoms with Crippen molar-refractivity contribution in [2.45, 2.75) is 38.0 Å². The summed E-state index contributed by atoms with van der Waals surface area (Å²) in [5.41, 5.74) is 36.0. The Kier molecular flexibility index (Phi) is 5.86. The zero-order valence-electron chi connectivity index (χ0n) is 23.3. The van der Waals surface area contributed by atoms with Gasteiger partial charge in [-0.15, -0.1) is 22.1 Å². The van der Waals surface area contributed by atoms with E-state index >= 15 is 0 Å². The predicted octanol–water partition coefficient (Wildman–Crippen LogP) is 3.91. The van der Waals surface area contributed by atoms with E-state index < -0.39 is 0 Å². The Morgan fingerprint density at radius 2 is 0.643 bits per heavy atom. The lowest BCUT2D eigenvalue weighted by Gasteiger charge is -2.48. The fraction of sp³-hybridized carbons (Fsp3) is 0.200. The molecule has 4 atom stereocenters. The molecule has 0 radical (unpaired) electrons. The highest BCUT2D eigenvalue weighted by molar-refractivity contribution is 5.78. The van der Waals surface area contributed by atoms with E-state index in [0.29, 0.717) is 0 Å². The first-order chi connectivity index (χ1) is 20.7. The molecule has 4 heterocycles. The summed E-state index contributed by atoms with van der Waals surface area (Å²) in [6.07, 6.45) is 0. The zero-order valence-corrected chi connectivity index (χ0v) is 23.3. The number of hydrogen-bond acceptors (Lipinski definition) is 12. The minimum absolute atomic E-state index is 0.0468. The van der Waals surface area contributed by atoms with Crippen LogP contribution in [0.2, 0.25) is 0 Å². The second kappa shape index (κ2) is 9.89. The van der Waals surface area contributed by atoms with Gasteiger partial charge in [-0.2, -0.15) is 0 Å². The van der Waals surface area contributed by atoms with Crippen molar-refractivity contribution in [3.8, 4) is 0 Å². The molecule has 12 nitrogen and oxygen atoms in total. The molecule has 8 rings (SSSR count). The van der Waals surface area contributed by atoms with Crippen LogP contribution in [0, 0.1) is 0 Å². The smallest absolute Gasteiger partial charge is 0.0930 e. The number of para-hydroxylation sites is 8. The van der Waals surface area contributed by atoms with E-state index in [4.69, 9.17) is 0 Å². The Morgan fingerprint density at radius 3 is 0.976 bits per heavy atom. The molecule has 4 aliphatic heterocycles. The van der Waals surface area contributed by atoms with Crippen LogP contribution in [0.4, 0.5) is 45.5 Å². The zero-order chi connectivity index (χ0) is 28.2. The summed E-state index contributed by atoms with van der Waals surface area (Å²) in [6, 6.07) is 33.1. The maximum Gasteiger partial charge on any atom is 0.0930 e. The van der Waals surface area contributed by atoms with Gasteiger partial charge in [0, 0.05) is 0 Å². The molecule has 0 amide bonds. The fourth-order valence-corrected chi connectivity index (χ4v) is 6.61. The van der Waals surface area contributed by atoms with E-state index in [1.54, 1.807) is 0 Å². The number of hydrogen-bond donors (Lipinski definition) is 8. The van der Waals surface area contributed by atoms with E-state index in [2.05, 4.69) is 163 Å². The normalized spacial score (nSPS) is 19.0. The largest absolute Gasteiger partial charge is 0.302 e. The molecule has 0 aromatic heterocycles. The number of nitrogens with one attached hydrogen (secondary N) is 8. The summed E-state index contributed by atoms with van der Waals surface area (Å²) < 4.78 is 0. The van der Waals surface area contributed by atoms with Crippen LogP contribution in [0.25, 0.3) is 0 Å². The molecule has 8 N–H and O–H groups in total. The minimum Gasteiger partial charge on any atom is -0.302 e. The van der Waals surface area contributed by atoms with E-state index in [1.165, 1.54) is 0 Å². The minimum atomic E-state index is -0.133. The Morgan fingerprint density at radius 1 is 0.381 bits per heavy atom. The van der Waals surface area contributed by atoms with Gasteiger partial charge in [-0.05, 0) is 62.4 Å². The first-order valence-electron chi connectivity index (χ1n) is 14.3. The summed E-state index contributed by atoms with van der Waals surface area (Å²) in [5.74, 6) is 0. The topological polar surface area (TPSA) is 109 Å². The van der Waals surface area contributed by atoms with Crippen LogP contribution in [-0.2, 0) is 0 Å². The van der Waals surface area contributed by atoms with Crippen molar-refractivity contribution in [1.29, 1.82) is 0 Å². The average molecular weight is 563 g/mol. The van der Waals surface area contributed by atoms with Crippen LogP contribution in [0.15, 0.2) is 97.1 Å². The third-order valence-electron chi connectivity index (χ3n) is 8.65. The van der Waals surface area contributed by atoms with Crippen molar-refractivity contribution in [2.24, 2.45) is 0 Å². The van der Waals surface area contributed by atoms with Gasteiger partial charge in [0.05, 0.1) is 69.7 Å². The number of fused-ring (bicyclic) bond motifs is 4. The van der Waals surface area contributed by atoms with Crippen molar-refractivity contribution >= 4 is 45.5 Å². The van der Waals surface area contributed by atoms with E-state index in [0.717, 1.165) is 45.5 Å². The summed E-state index contributed by atoms with van der Waals surface area (Å²) in [7, 11) is 0. The van der Waals surface area contributed by atoms with Gasteiger partial charge >= 0.3 is 0 Å². The van der Waals surface area contributed by atoms with Crippen molar-refractivity contribution in [3.63, 3.8) is 0 Å². The predicted molar refractivity (Wildman–Crippen MR) is 169 cm³/mol. The van der Waals surface area contributed by atoms with Crippen molar-refractivity contribution in [1.82, 2.24) is 22.1 Å². The van der Waals surface area contributed by atoms with Crippen LogP contribution in [0.3, 0.4) is 0 Å². The lowest BCUT2D eigenvalue weighted by atomic mass is 9.91. The molecule has 0 saturated carbocycles. The first kappa shape index (κ1) is 24.9. The molecule has 0 aliphatic carbocycles. The van der Waals surface area contributed by atoms with Crippen LogP contribution in [-0.4, -0.2) is 24.2 Å². The summed E-state index contributed by atoms with van der Waals surface area (Å²) >= 11 is 0. The van der Waals surface area contributed by atoms with E-state index in [-0.39, 0.29) is 24.2 Å². The molecule has 42 heavy (non-hydrogen) atoms. The Labute approximate surface area is 244 Å². The van der Waals surface area contributed by atoms with Gasteiger partial charge < -0.3 is 21.7 Å². The second-order valence-corrected chi connectivity index (χ2v) is 11.0. The summed E-state index contributed by atoms with van der Waals surface area (Å²) in [6.45, 7) is 4.53. The quantitative estimate of drug-likeness (QED) is 0.167. The van der Waals surface area contributed by atoms with Gasteiger partial charge in [-0.3, -0.25) is 20.0 Å². The van der Waals surface area contributed by atoms with Crippen molar-refractivity contribution in [2.75, 3.05) is 41.7 Å². The molecule has 4 aromatic rings. The third-order valence-corrected chi connectivity index (χ3v) is 8.65. The van der Waals surface area contributed by atoms with Gasteiger partial charge in [0.1, 0.15) is 0 Å². The Balaban J connectivity index is 1.28. The SMILES string of the molecule is CC(C(C(C(C)N1NNc2ccccc21)N1NNc2ccccc21)N1NNc2ccccc21)N1NNc2ccccc21. The highest BCUT2D eigenvalue weighted by Crippen LogP contribution is 2.41. The number of rotatable bonds is 7. The average Bonchev–Trinajstić information content (AvgIpc) is 3.83. The molecular formula is C30H34N12. The van der Waals surface area contributed by atoms with Gasteiger partial charge in [0.2, 0.25) is 0 Å². The first-order valence-corrected chi connectivity index (χ1v) is 14.3. The maximum absolute atomic E-state index is 3.52. The molecule has 0 bridgehead atoms. The lowest BCUT2D eigenvalue weighted by molar-refractivity contribution is 0.319. The molecular weight excluding hydrogens is 528 g/mol. The van der Waals surface area contributed by atoms with Crippen LogP contribution in [0.1, 0.15) is 13.8 Å². The highest BCUT2D eigenvalue weighted by Gasteiger charge is 2.48. The third kappa shape index (κ3) is 3.84. The monoisotopic (exact) mass is 562 g/mol. The van der Waals surface area contributed by atoms with Crippen LogP contribution >= 0.6 is 0 Å². The molecule has 4 unspecified atom stereocenters. The number of anilines is 8. The van der Waals surface area contributed by atoms with Crippen molar-refractivity contribution < 1.29 is 0 Å². The van der Waals surface area contributed by atoms with Gasteiger partial charge in [-0.1, -0.05) is 48.5 Å². The van der Waals surface area contributed by atoms with E-state index in [9.17, 15) is 0 Å². The van der Waals surface area contributed by atoms with Gasteiger partial charge in [-0.25, -0.2) is 0 Å². The van der Waals surface area contributed by atoms with Gasteiger partial charge in [0.15, 0.2) is 0 Å². The van der Waals surface area contributed by atoms with Crippen molar-refractivity contribution in [3.05, 3.63) is 97.1 Å². The summed E-state index contributed by atoms with van der Waals surface area (Å²) in [4.78, 5) is 0. The van der Waals surface area contributed by atoms with Crippen LogP contribution < -0.4 is 63.9 Å². The van der Waals surface area contributed by atoms with Crippen LogP contribution in [0.5, 0.6) is 0 Å². The number of nitrogens with zero attached hydrogens (tertiary/aromatic N) is 4. The fourth-order valence-electron chi connectivity index (χ4n) is 6.61. The summed E-state index contributed by atoms with van der Waals surface area (Å²) in [5, 5.41) is 8.98. The standard InChI is InChI=1S/C30H34N12/c1-19(39-25-15-7-3-11-21(25)31-35-39)29(41-27-17-9-5-13-23(27)33-37-41)30(42-28-18-10-6-14-24(28)34-38-42)20(2)40-26-16-8-4-12-22(26)32-36-40/h3-20,29-38H,1-2H3. The van der Waals surface area contributed by atoms with E-state index in [1.807, 2.05) is 12.1 Å². The maximum atomic E-state index is 3.52. The Bertz CT molecular complexity index is 1490. The second-order valence-electron chi connectivity index (χ2n) is 11.0. The number of hydrazine groups is 8. The molecule has 4 aliphatic rings. The molecule has 4 aromatic carbocycles. The highest BCUT2D eigenvalue weighted by atomic mass is 15.8. The molecule has 0 spiro atoms. The molecule has 214 valence electrons. The Hall–Kier alpha value is -4.88. The molecule has 0 saturated heterocycles. The lowest BCUT2D eigenvalue weighted by Crippen LogP contribution is -2.71. The molecule has 12 heteroatoms. The molecule has 0 fully saturated rings.